The second kappa shape index (κ2) is 3.43. The Morgan fingerprint density at radius 2 is 2.45 bits per heavy atom. The van der Waals surface area contributed by atoms with Crippen molar-refractivity contribution < 1.29 is 0 Å². The van der Waals surface area contributed by atoms with Gasteiger partial charge in [-0.15, -0.1) is 16.2 Å². The number of aryl methyl sites for hydroxylation is 1. The third-order valence-electron chi connectivity index (χ3n) is 1.43. The van der Waals surface area contributed by atoms with E-state index in [1.807, 2.05) is 23.8 Å². The van der Waals surface area contributed by atoms with Crippen molar-refractivity contribution in [2.45, 2.75) is 20.4 Å². The van der Waals surface area contributed by atoms with Crippen LogP contribution in [0.2, 0.25) is 0 Å². The van der Waals surface area contributed by atoms with Crippen molar-refractivity contribution >= 4 is 11.3 Å². The van der Waals surface area contributed by atoms with Crippen molar-refractivity contribution in [3.05, 3.63) is 20.8 Å². The predicted octanol–water partition coefficient (Wildman–Crippen LogP) is 1.46. The van der Waals surface area contributed by atoms with Crippen LogP contribution in [-0.2, 0) is 6.54 Å². The molecule has 5 heteroatoms. The first-order valence-electron chi connectivity index (χ1n) is 3.31. The average molecular weight is 171 g/mol. The third-order valence-corrected chi connectivity index (χ3v) is 2.41. The summed E-state index contributed by atoms with van der Waals surface area (Å²) in [6.45, 7) is 4.80. The van der Waals surface area contributed by atoms with E-state index in [0.717, 1.165) is 12.2 Å². The summed E-state index contributed by atoms with van der Waals surface area (Å²) >= 11 is 1.43. The van der Waals surface area contributed by atoms with Crippen LogP contribution in [0.3, 0.4) is 0 Å². The first-order valence-corrected chi connectivity index (χ1v) is 4.18. The third kappa shape index (κ3) is 1.54. The Hall–Kier alpha value is -0.970. The molecule has 1 rings (SSSR count). The molecule has 0 aliphatic heterocycles. The maximum Gasteiger partial charge on any atom is 0.214 e. The van der Waals surface area contributed by atoms with E-state index in [2.05, 4.69) is 10.4 Å². The molecule has 1 aromatic heterocycles. The Morgan fingerprint density at radius 1 is 1.73 bits per heavy atom. The van der Waals surface area contributed by atoms with Crippen LogP contribution in [0.5, 0.6) is 0 Å². The molecule has 0 aromatic carbocycles. The van der Waals surface area contributed by atoms with Crippen molar-refractivity contribution in [3.63, 3.8) is 0 Å². The molecule has 0 bridgehead atoms. The van der Waals surface area contributed by atoms with E-state index < -0.39 is 0 Å². The van der Waals surface area contributed by atoms with Gasteiger partial charge in [0, 0.05) is 17.6 Å². The van der Waals surface area contributed by atoms with Crippen molar-refractivity contribution in [1.29, 1.82) is 0 Å². The summed E-state index contributed by atoms with van der Waals surface area (Å²) in [6, 6.07) is 0. The van der Waals surface area contributed by atoms with E-state index in [9.17, 15) is 4.91 Å². The number of thiazole rings is 1. The lowest BCUT2D eigenvalue weighted by atomic mass is 10.5. The van der Waals surface area contributed by atoms with Gasteiger partial charge in [-0.2, -0.15) is 0 Å². The van der Waals surface area contributed by atoms with Crippen LogP contribution in [0, 0.1) is 11.8 Å². The zero-order valence-corrected chi connectivity index (χ0v) is 7.26. The molecule has 0 N–H and O–H groups in total. The molecule has 60 valence electrons. The topological polar surface area (TPSA) is 46.7 Å². The summed E-state index contributed by atoms with van der Waals surface area (Å²) in [6.07, 6.45) is 0. The summed E-state index contributed by atoms with van der Waals surface area (Å²) in [5.41, 5.74) is 1.11. The van der Waals surface area contributed by atoms with E-state index >= 15 is 0 Å². The fourth-order valence-electron chi connectivity index (χ4n) is 0.913. The lowest BCUT2D eigenvalue weighted by Crippen LogP contribution is -2.13. The molecule has 0 saturated heterocycles. The van der Waals surface area contributed by atoms with Gasteiger partial charge in [-0.25, -0.2) is 0 Å². The first-order chi connectivity index (χ1) is 5.29. The molecule has 0 aliphatic carbocycles. The highest BCUT2D eigenvalue weighted by atomic mass is 32.1. The molecular formula is C6H9N3OS. The zero-order chi connectivity index (χ0) is 8.27. The van der Waals surface area contributed by atoms with Crippen LogP contribution < -0.4 is 4.80 Å². The maximum absolute atomic E-state index is 9.83. The SMILES string of the molecule is CCn1c(C)cs/c1=N/N=O. The Labute approximate surface area is 68.2 Å². The van der Waals surface area contributed by atoms with Gasteiger partial charge in [0.25, 0.3) is 0 Å². The first kappa shape index (κ1) is 8.13. The highest BCUT2D eigenvalue weighted by molar-refractivity contribution is 7.07. The predicted molar refractivity (Wildman–Crippen MR) is 44.1 cm³/mol. The largest absolute Gasteiger partial charge is 0.320 e. The molecule has 0 saturated carbocycles. The highest BCUT2D eigenvalue weighted by Gasteiger charge is 1.96. The minimum Gasteiger partial charge on any atom is -0.320 e. The van der Waals surface area contributed by atoms with E-state index in [0.29, 0.717) is 4.80 Å². The van der Waals surface area contributed by atoms with Crippen LogP contribution in [0.25, 0.3) is 0 Å². The fourth-order valence-corrected chi connectivity index (χ4v) is 1.80. The van der Waals surface area contributed by atoms with Crippen molar-refractivity contribution in [2.24, 2.45) is 10.4 Å². The number of nitroso groups, excluding NO2 is 1. The van der Waals surface area contributed by atoms with Crippen molar-refractivity contribution in [3.8, 4) is 0 Å². The van der Waals surface area contributed by atoms with Gasteiger partial charge in [0.1, 0.15) is 0 Å². The minimum atomic E-state index is 0.667. The van der Waals surface area contributed by atoms with Gasteiger partial charge in [-0.1, -0.05) is 5.10 Å². The number of hydrogen-bond acceptors (Lipinski definition) is 3. The summed E-state index contributed by atoms with van der Waals surface area (Å²) in [4.78, 5) is 10.5. The van der Waals surface area contributed by atoms with Gasteiger partial charge >= 0.3 is 0 Å². The maximum atomic E-state index is 9.83. The molecule has 0 radical (unpaired) electrons. The smallest absolute Gasteiger partial charge is 0.214 e. The molecule has 0 aliphatic rings. The Bertz CT molecular complexity index is 312. The van der Waals surface area contributed by atoms with Crippen molar-refractivity contribution in [1.82, 2.24) is 4.57 Å². The zero-order valence-electron chi connectivity index (χ0n) is 6.44. The van der Waals surface area contributed by atoms with Crippen LogP contribution in [-0.4, -0.2) is 4.57 Å². The van der Waals surface area contributed by atoms with Gasteiger partial charge in [0.15, 0.2) is 0 Å². The lowest BCUT2D eigenvalue weighted by Gasteiger charge is -1.97. The normalized spacial score (nSPS) is 12.0. The molecule has 4 nitrogen and oxygen atoms in total. The fraction of sp³-hybridized carbons (Fsp3) is 0.500. The Balaban J connectivity index is 3.26. The monoisotopic (exact) mass is 171 g/mol. The van der Waals surface area contributed by atoms with E-state index in [1.54, 1.807) is 0 Å². The molecule has 1 heterocycles. The number of nitrogens with zero attached hydrogens (tertiary/aromatic N) is 3. The van der Waals surface area contributed by atoms with Gasteiger partial charge in [-0.3, -0.25) is 0 Å². The van der Waals surface area contributed by atoms with Gasteiger partial charge in [-0.05, 0) is 13.8 Å². The summed E-state index contributed by atoms with van der Waals surface area (Å²) < 4.78 is 1.94. The quantitative estimate of drug-likeness (QED) is 0.491. The summed E-state index contributed by atoms with van der Waals surface area (Å²) in [5.74, 6) is 0. The minimum absolute atomic E-state index is 0.667. The van der Waals surface area contributed by atoms with Crippen LogP contribution in [0.4, 0.5) is 0 Å². The van der Waals surface area contributed by atoms with E-state index in [4.69, 9.17) is 0 Å². The average Bonchev–Trinajstić information content (AvgIpc) is 2.33. The second-order valence-corrected chi connectivity index (χ2v) is 2.92. The number of hydrogen-bond donors (Lipinski definition) is 0. The molecule has 1 aromatic rings. The van der Waals surface area contributed by atoms with Crippen LogP contribution >= 0.6 is 11.3 Å². The molecule has 0 amide bonds. The number of aromatic nitrogens is 1. The lowest BCUT2D eigenvalue weighted by molar-refractivity contribution is 0.704. The second-order valence-electron chi connectivity index (χ2n) is 2.09. The number of rotatable bonds is 2. The Kier molecular flexibility index (Phi) is 2.53. The standard InChI is InChI=1S/C6H9N3OS/c1-3-9-5(2)4-11-6(9)7-8-10/h4H,3H2,1-2H3/b7-6+. The van der Waals surface area contributed by atoms with Gasteiger partial charge < -0.3 is 4.57 Å². The molecule has 0 fully saturated rings. The van der Waals surface area contributed by atoms with E-state index in [1.165, 1.54) is 11.3 Å². The van der Waals surface area contributed by atoms with Crippen molar-refractivity contribution in [2.75, 3.05) is 0 Å². The van der Waals surface area contributed by atoms with E-state index in [-0.39, 0.29) is 0 Å². The summed E-state index contributed by atoms with van der Waals surface area (Å²) in [5, 5.41) is 7.89. The molecular weight excluding hydrogens is 162 g/mol. The van der Waals surface area contributed by atoms with Gasteiger partial charge in [0.05, 0.1) is 5.29 Å². The molecule has 0 unspecified atom stereocenters. The Morgan fingerprint density at radius 3 is 3.00 bits per heavy atom. The highest BCUT2D eigenvalue weighted by Crippen LogP contribution is 1.98. The molecule has 0 atom stereocenters. The molecule has 11 heavy (non-hydrogen) atoms. The summed E-state index contributed by atoms with van der Waals surface area (Å²) in [7, 11) is 0. The van der Waals surface area contributed by atoms with Gasteiger partial charge in [0.2, 0.25) is 4.80 Å². The molecule has 0 spiro atoms. The van der Waals surface area contributed by atoms with Crippen LogP contribution in [0.1, 0.15) is 12.6 Å². The van der Waals surface area contributed by atoms with Crippen LogP contribution in [0.15, 0.2) is 15.8 Å².